The predicted octanol–water partition coefficient (Wildman–Crippen LogP) is 3.27. The molecule has 2 aromatic carbocycles. The smallest absolute Gasteiger partial charge is 0.262 e. The molecule has 4 nitrogen and oxygen atoms in total. The summed E-state index contributed by atoms with van der Waals surface area (Å²) in [5, 5.41) is 16.0. The van der Waals surface area contributed by atoms with Gasteiger partial charge in [0.2, 0.25) is 0 Å². The zero-order valence-electron chi connectivity index (χ0n) is 10.6. The number of thioether (sulfide) groups is 1. The first-order valence-electron chi connectivity index (χ1n) is 6.16. The maximum absolute atomic E-state index is 11.7. The van der Waals surface area contributed by atoms with E-state index in [1.54, 1.807) is 0 Å². The highest BCUT2D eigenvalue weighted by Gasteiger charge is 2.21. The Kier molecular flexibility index (Phi) is 3.69. The molecule has 0 saturated carbocycles. The van der Waals surface area contributed by atoms with Crippen LogP contribution in [0, 0.1) is 5.21 Å². The van der Waals surface area contributed by atoms with E-state index in [0.717, 1.165) is 11.1 Å². The SMILES string of the molecule is [O-][n+]1onc(-c2ccccc2)c1SCc1ccccc1. The minimum absolute atomic E-state index is 0.468. The summed E-state index contributed by atoms with van der Waals surface area (Å²) in [6.07, 6.45) is 0. The minimum Gasteiger partial charge on any atom is -0.359 e. The zero-order valence-corrected chi connectivity index (χ0v) is 11.4. The summed E-state index contributed by atoms with van der Waals surface area (Å²) in [4.78, 5) is 0.468. The lowest BCUT2D eigenvalue weighted by Gasteiger charge is -2.00. The van der Waals surface area contributed by atoms with Crippen molar-refractivity contribution in [2.45, 2.75) is 10.8 Å². The summed E-state index contributed by atoms with van der Waals surface area (Å²) in [5.41, 5.74) is 2.61. The molecule has 0 spiro atoms. The number of benzene rings is 2. The van der Waals surface area contributed by atoms with Crippen LogP contribution in [0.2, 0.25) is 0 Å². The van der Waals surface area contributed by atoms with Crippen LogP contribution in [0.25, 0.3) is 11.3 Å². The third-order valence-corrected chi connectivity index (χ3v) is 3.93. The van der Waals surface area contributed by atoms with Gasteiger partial charge in [0.05, 0.1) is 0 Å². The van der Waals surface area contributed by atoms with Gasteiger partial charge in [0.1, 0.15) is 0 Å². The lowest BCUT2D eigenvalue weighted by atomic mass is 10.2. The van der Waals surface area contributed by atoms with Gasteiger partial charge in [-0.05, 0) is 10.5 Å². The summed E-state index contributed by atoms with van der Waals surface area (Å²) < 4.78 is 4.73. The van der Waals surface area contributed by atoms with Gasteiger partial charge in [-0.15, -0.1) is 0 Å². The van der Waals surface area contributed by atoms with E-state index in [0.29, 0.717) is 21.4 Å². The van der Waals surface area contributed by atoms with E-state index in [-0.39, 0.29) is 0 Å². The van der Waals surface area contributed by atoms with Crippen molar-refractivity contribution in [3.8, 4) is 11.3 Å². The molecule has 1 aromatic heterocycles. The van der Waals surface area contributed by atoms with Crippen molar-refractivity contribution >= 4 is 11.8 Å². The highest BCUT2D eigenvalue weighted by Crippen LogP contribution is 2.29. The van der Waals surface area contributed by atoms with E-state index >= 15 is 0 Å². The lowest BCUT2D eigenvalue weighted by molar-refractivity contribution is -0.831. The van der Waals surface area contributed by atoms with Gasteiger partial charge in [-0.1, -0.05) is 72.4 Å². The van der Waals surface area contributed by atoms with Crippen LogP contribution in [0.1, 0.15) is 5.56 Å². The normalized spacial score (nSPS) is 10.6. The van der Waals surface area contributed by atoms with Gasteiger partial charge >= 0.3 is 0 Å². The molecule has 0 bridgehead atoms. The second-order valence-electron chi connectivity index (χ2n) is 4.22. The Bertz CT molecular complexity index is 684. The highest BCUT2D eigenvalue weighted by molar-refractivity contribution is 7.98. The molecular formula is C15H12N2O2S. The van der Waals surface area contributed by atoms with E-state index in [1.807, 2.05) is 60.7 Å². The molecule has 0 aliphatic heterocycles. The third kappa shape index (κ3) is 2.67. The van der Waals surface area contributed by atoms with Crippen LogP contribution in [-0.2, 0) is 5.75 Å². The van der Waals surface area contributed by atoms with Crippen molar-refractivity contribution in [2.24, 2.45) is 0 Å². The fraction of sp³-hybridized carbons (Fsp3) is 0.0667. The average molecular weight is 284 g/mol. The summed E-state index contributed by atoms with van der Waals surface area (Å²) in [6, 6.07) is 19.5. The maximum atomic E-state index is 11.7. The van der Waals surface area contributed by atoms with Gasteiger partial charge in [0, 0.05) is 16.5 Å². The summed E-state index contributed by atoms with van der Waals surface area (Å²) >= 11 is 1.42. The van der Waals surface area contributed by atoms with E-state index in [2.05, 4.69) is 5.16 Å². The Morgan fingerprint density at radius 3 is 2.35 bits per heavy atom. The van der Waals surface area contributed by atoms with Crippen molar-refractivity contribution in [3.63, 3.8) is 0 Å². The molecule has 100 valence electrons. The molecule has 5 heteroatoms. The molecule has 0 N–H and O–H groups in total. The number of rotatable bonds is 4. The maximum Gasteiger partial charge on any atom is 0.262 e. The van der Waals surface area contributed by atoms with Gasteiger partial charge in [-0.2, -0.15) is 0 Å². The lowest BCUT2D eigenvalue weighted by Crippen LogP contribution is -2.25. The topological polar surface area (TPSA) is 53.0 Å². The average Bonchev–Trinajstić information content (AvgIpc) is 2.88. The number of hydrogen-bond acceptors (Lipinski definition) is 4. The molecule has 1 heterocycles. The first-order valence-corrected chi connectivity index (χ1v) is 7.15. The molecule has 0 atom stereocenters. The van der Waals surface area contributed by atoms with Crippen LogP contribution in [0.3, 0.4) is 0 Å². The zero-order chi connectivity index (χ0) is 13.8. The molecule has 0 radical (unpaired) electrons. The van der Waals surface area contributed by atoms with Crippen molar-refractivity contribution in [2.75, 3.05) is 0 Å². The number of aromatic nitrogens is 2. The Hall–Kier alpha value is -2.27. The first kappa shape index (κ1) is 12.7. The fourth-order valence-electron chi connectivity index (χ4n) is 1.86. The monoisotopic (exact) mass is 284 g/mol. The Morgan fingerprint density at radius 1 is 1.00 bits per heavy atom. The standard InChI is InChI=1S/C15H12N2O2S/c18-17-15(20-11-12-7-3-1-4-8-12)14(16-19-17)13-9-5-2-6-10-13/h1-10H,11H2. The number of nitrogens with zero attached hydrogens (tertiary/aromatic N) is 2. The molecule has 0 aliphatic rings. The van der Waals surface area contributed by atoms with Crippen LogP contribution < -0.4 is 4.90 Å². The van der Waals surface area contributed by atoms with E-state index in [1.165, 1.54) is 11.8 Å². The molecular weight excluding hydrogens is 272 g/mol. The molecule has 20 heavy (non-hydrogen) atoms. The Balaban J connectivity index is 1.85. The molecule has 0 unspecified atom stereocenters. The van der Waals surface area contributed by atoms with Gasteiger partial charge in [-0.3, -0.25) is 4.63 Å². The quantitative estimate of drug-likeness (QED) is 0.545. The van der Waals surface area contributed by atoms with Gasteiger partial charge in [-0.25, -0.2) is 0 Å². The summed E-state index contributed by atoms with van der Waals surface area (Å²) in [6.45, 7) is 0. The van der Waals surface area contributed by atoms with Crippen molar-refractivity contribution in [1.82, 2.24) is 5.16 Å². The van der Waals surface area contributed by atoms with Crippen LogP contribution in [0.5, 0.6) is 0 Å². The van der Waals surface area contributed by atoms with Crippen molar-refractivity contribution < 1.29 is 9.53 Å². The minimum atomic E-state index is 0.468. The van der Waals surface area contributed by atoms with Gasteiger partial charge in [0.25, 0.3) is 10.7 Å². The second kappa shape index (κ2) is 5.79. The molecule has 0 aliphatic carbocycles. The first-order chi connectivity index (χ1) is 9.84. The Labute approximate surface area is 120 Å². The van der Waals surface area contributed by atoms with Crippen LogP contribution in [0.15, 0.2) is 70.3 Å². The predicted molar refractivity (Wildman–Crippen MR) is 76.9 cm³/mol. The van der Waals surface area contributed by atoms with Crippen LogP contribution in [-0.4, -0.2) is 5.16 Å². The molecule has 0 amide bonds. The van der Waals surface area contributed by atoms with Crippen LogP contribution >= 0.6 is 11.8 Å². The van der Waals surface area contributed by atoms with Gasteiger partial charge in [0.15, 0.2) is 0 Å². The summed E-state index contributed by atoms with van der Waals surface area (Å²) in [7, 11) is 0. The van der Waals surface area contributed by atoms with E-state index < -0.39 is 0 Å². The van der Waals surface area contributed by atoms with Crippen molar-refractivity contribution in [1.29, 1.82) is 0 Å². The highest BCUT2D eigenvalue weighted by atomic mass is 32.2. The molecule has 0 fully saturated rings. The Morgan fingerprint density at radius 2 is 1.65 bits per heavy atom. The molecule has 3 aromatic rings. The largest absolute Gasteiger partial charge is 0.359 e. The van der Waals surface area contributed by atoms with E-state index in [4.69, 9.17) is 4.63 Å². The molecule has 3 rings (SSSR count). The van der Waals surface area contributed by atoms with E-state index in [9.17, 15) is 5.21 Å². The molecule has 0 saturated heterocycles. The van der Waals surface area contributed by atoms with Crippen LogP contribution in [0.4, 0.5) is 0 Å². The third-order valence-electron chi connectivity index (χ3n) is 2.84. The van der Waals surface area contributed by atoms with Gasteiger partial charge < -0.3 is 5.21 Å². The number of hydrogen-bond donors (Lipinski definition) is 0. The summed E-state index contributed by atoms with van der Waals surface area (Å²) in [5.74, 6) is 0.699. The van der Waals surface area contributed by atoms with Crippen molar-refractivity contribution in [3.05, 3.63) is 71.4 Å². The second-order valence-corrected chi connectivity index (χ2v) is 5.19. The fourth-order valence-corrected chi connectivity index (χ4v) is 2.79.